The van der Waals surface area contributed by atoms with Crippen LogP contribution in [0.3, 0.4) is 0 Å². The normalized spacial score (nSPS) is 11.8. The van der Waals surface area contributed by atoms with E-state index in [0.29, 0.717) is 11.3 Å². The van der Waals surface area contributed by atoms with Gasteiger partial charge < -0.3 is 19.9 Å². The number of hydrogen-bond donors (Lipinski definition) is 2. The van der Waals surface area contributed by atoms with E-state index in [-0.39, 0.29) is 11.5 Å². The van der Waals surface area contributed by atoms with E-state index in [9.17, 15) is 4.79 Å². The number of anilines is 1. The van der Waals surface area contributed by atoms with E-state index in [1.807, 2.05) is 57.3 Å². The molecule has 37 heavy (non-hydrogen) atoms. The average molecular weight is 564 g/mol. The highest BCUT2D eigenvalue weighted by Crippen LogP contribution is 2.27. The van der Waals surface area contributed by atoms with Crippen LogP contribution in [0.1, 0.15) is 48.0 Å². The van der Waals surface area contributed by atoms with E-state index in [0.717, 1.165) is 52.7 Å². The van der Waals surface area contributed by atoms with Crippen LogP contribution in [0.4, 0.5) is 5.69 Å². The first-order chi connectivity index (χ1) is 17.6. The number of aryl methyl sites for hydroxylation is 1. The molecule has 0 atom stereocenters. The summed E-state index contributed by atoms with van der Waals surface area (Å²) < 4.78 is 7.02. The Morgan fingerprint density at radius 2 is 1.89 bits per heavy atom. The lowest BCUT2D eigenvalue weighted by molar-refractivity contribution is 0.102. The minimum Gasteiger partial charge on any atom is -0.488 e. The maximum Gasteiger partial charge on any atom is 0.255 e. The number of nitrogens with one attached hydrogen (secondary N) is 2. The number of carbonyl (C=O) groups is 1. The van der Waals surface area contributed by atoms with Gasteiger partial charge in [-0.25, -0.2) is 0 Å². The number of benzene rings is 2. The molecule has 194 valence electrons. The predicted molar refractivity (Wildman–Crippen MR) is 155 cm³/mol. The summed E-state index contributed by atoms with van der Waals surface area (Å²) in [5.74, 6) is 0.521. The molecule has 0 saturated carbocycles. The molecule has 7 heteroatoms. The maximum atomic E-state index is 13.0. The lowest BCUT2D eigenvalue weighted by Crippen LogP contribution is -2.24. The second-order valence-corrected chi connectivity index (χ2v) is 11.3. The fourth-order valence-corrected chi connectivity index (χ4v) is 4.78. The first kappa shape index (κ1) is 26.9. The Morgan fingerprint density at radius 3 is 2.65 bits per heavy atom. The number of carbonyl (C=O) groups excluding carboxylic acids is 1. The van der Waals surface area contributed by atoms with Crippen LogP contribution in [0.15, 0.2) is 65.4 Å². The Balaban J connectivity index is 1.43. The average Bonchev–Trinajstić information content (AvgIpc) is 3.15. The van der Waals surface area contributed by atoms with Crippen molar-refractivity contribution in [3.63, 3.8) is 0 Å². The molecule has 0 bridgehead atoms. The number of H-pyrrole nitrogens is 1. The third-order valence-corrected chi connectivity index (χ3v) is 7.02. The van der Waals surface area contributed by atoms with Gasteiger partial charge in [0.25, 0.3) is 5.91 Å². The van der Waals surface area contributed by atoms with Crippen LogP contribution in [0.25, 0.3) is 10.9 Å². The van der Waals surface area contributed by atoms with Crippen molar-refractivity contribution >= 4 is 38.4 Å². The summed E-state index contributed by atoms with van der Waals surface area (Å²) in [7, 11) is 2.15. The van der Waals surface area contributed by atoms with Crippen LogP contribution in [0.5, 0.6) is 5.75 Å². The summed E-state index contributed by atoms with van der Waals surface area (Å²) in [5, 5.41) is 4.20. The number of likely N-dealkylation sites (N-methyl/N-ethyl adjacent to an activating group) is 1. The molecule has 6 nitrogen and oxygen atoms in total. The number of aromatic amines is 1. The highest BCUT2D eigenvalue weighted by atomic mass is 79.9. The Kier molecular flexibility index (Phi) is 8.35. The lowest BCUT2D eigenvalue weighted by Gasteiger charge is -2.21. The van der Waals surface area contributed by atoms with Gasteiger partial charge in [0.05, 0.1) is 0 Å². The quantitative estimate of drug-likeness (QED) is 0.236. The number of pyridine rings is 1. The topological polar surface area (TPSA) is 70.2 Å². The number of nitrogens with zero attached hydrogens (tertiary/aromatic N) is 2. The summed E-state index contributed by atoms with van der Waals surface area (Å²) in [6.07, 6.45) is 5.58. The standard InChI is InChI=1S/C30H35BrN4O2/c1-20-25(13-16-35(5)15-12-22-19-32-14-11-27(22)31)26-18-23(9-10-28(26)33-20)34-29(36)21-7-6-8-24(17-21)37-30(2,3)4/h6-11,14,17-19,33H,12-13,15-16H2,1-5H3,(H,34,36). The van der Waals surface area contributed by atoms with Crippen LogP contribution < -0.4 is 10.1 Å². The van der Waals surface area contributed by atoms with E-state index in [1.165, 1.54) is 11.1 Å². The Bertz CT molecular complexity index is 1390. The van der Waals surface area contributed by atoms with Gasteiger partial charge in [0.15, 0.2) is 0 Å². The number of amides is 1. The molecule has 0 spiro atoms. The molecule has 2 aromatic heterocycles. The summed E-state index contributed by atoms with van der Waals surface area (Å²) in [5.41, 5.74) is 5.74. The van der Waals surface area contributed by atoms with Crippen molar-refractivity contribution in [1.29, 1.82) is 0 Å². The van der Waals surface area contributed by atoms with Gasteiger partial charge >= 0.3 is 0 Å². The molecule has 2 aromatic carbocycles. The molecule has 0 aliphatic rings. The van der Waals surface area contributed by atoms with Crippen LogP contribution in [-0.4, -0.2) is 46.5 Å². The smallest absolute Gasteiger partial charge is 0.255 e. The second-order valence-electron chi connectivity index (χ2n) is 10.5. The molecule has 1 amide bonds. The van der Waals surface area contributed by atoms with Crippen molar-refractivity contribution in [2.75, 3.05) is 25.5 Å². The highest BCUT2D eigenvalue weighted by Gasteiger charge is 2.15. The first-order valence-electron chi connectivity index (χ1n) is 12.6. The minimum atomic E-state index is -0.327. The molecule has 2 N–H and O–H groups in total. The SMILES string of the molecule is Cc1[nH]c2ccc(NC(=O)c3cccc(OC(C)(C)C)c3)cc2c1CCN(C)CCc1cnccc1Br. The van der Waals surface area contributed by atoms with Gasteiger partial charge in [-0.3, -0.25) is 9.78 Å². The summed E-state index contributed by atoms with van der Waals surface area (Å²) >= 11 is 3.61. The molecule has 4 aromatic rings. The van der Waals surface area contributed by atoms with Gasteiger partial charge in [0.2, 0.25) is 0 Å². The fraction of sp³-hybridized carbons (Fsp3) is 0.333. The van der Waals surface area contributed by atoms with Crippen molar-refractivity contribution in [3.05, 3.63) is 87.8 Å². The van der Waals surface area contributed by atoms with Crippen molar-refractivity contribution in [2.24, 2.45) is 0 Å². The third-order valence-electron chi connectivity index (χ3n) is 6.25. The zero-order valence-corrected chi connectivity index (χ0v) is 23.8. The molecule has 4 rings (SSSR count). The Hall–Kier alpha value is -3.16. The van der Waals surface area contributed by atoms with Crippen LogP contribution in [0, 0.1) is 6.92 Å². The minimum absolute atomic E-state index is 0.159. The number of aromatic nitrogens is 2. The van der Waals surface area contributed by atoms with Gasteiger partial charge in [-0.15, -0.1) is 0 Å². The fourth-order valence-electron chi connectivity index (χ4n) is 4.36. The number of hydrogen-bond acceptors (Lipinski definition) is 4. The van der Waals surface area contributed by atoms with Crippen LogP contribution in [-0.2, 0) is 12.8 Å². The molecular weight excluding hydrogens is 528 g/mol. The second kappa shape index (κ2) is 11.5. The first-order valence-corrected chi connectivity index (χ1v) is 13.4. The van der Waals surface area contributed by atoms with Crippen LogP contribution >= 0.6 is 15.9 Å². The zero-order chi connectivity index (χ0) is 26.6. The van der Waals surface area contributed by atoms with Crippen molar-refractivity contribution in [3.8, 4) is 5.75 Å². The number of ether oxygens (including phenoxy) is 1. The third kappa shape index (κ3) is 7.21. The summed E-state index contributed by atoms with van der Waals surface area (Å²) in [6.45, 7) is 9.96. The number of halogens is 1. The monoisotopic (exact) mass is 562 g/mol. The van der Waals surface area contributed by atoms with E-state index < -0.39 is 0 Å². The summed E-state index contributed by atoms with van der Waals surface area (Å²) in [4.78, 5) is 23.1. The molecule has 0 fully saturated rings. The van der Waals surface area contributed by atoms with E-state index in [2.05, 4.69) is 56.2 Å². The van der Waals surface area contributed by atoms with E-state index in [1.54, 1.807) is 18.3 Å². The van der Waals surface area contributed by atoms with Gasteiger partial charge in [-0.05, 0) is 101 Å². The predicted octanol–water partition coefficient (Wildman–Crippen LogP) is 6.78. The molecule has 0 aliphatic heterocycles. The highest BCUT2D eigenvalue weighted by molar-refractivity contribution is 9.10. The maximum absolute atomic E-state index is 13.0. The zero-order valence-electron chi connectivity index (χ0n) is 22.2. The van der Waals surface area contributed by atoms with Crippen molar-refractivity contribution in [1.82, 2.24) is 14.9 Å². The van der Waals surface area contributed by atoms with Crippen molar-refractivity contribution in [2.45, 2.75) is 46.1 Å². The Morgan fingerprint density at radius 1 is 1.11 bits per heavy atom. The lowest BCUT2D eigenvalue weighted by atomic mass is 10.1. The molecule has 2 heterocycles. The van der Waals surface area contributed by atoms with E-state index in [4.69, 9.17) is 4.74 Å². The molecular formula is C30H35BrN4O2. The molecule has 0 saturated heterocycles. The molecule has 0 radical (unpaired) electrons. The molecule has 0 aliphatic carbocycles. The summed E-state index contributed by atoms with van der Waals surface area (Å²) in [6, 6.07) is 15.3. The largest absolute Gasteiger partial charge is 0.488 e. The van der Waals surface area contributed by atoms with Gasteiger partial charge in [0.1, 0.15) is 11.4 Å². The van der Waals surface area contributed by atoms with Crippen molar-refractivity contribution < 1.29 is 9.53 Å². The molecule has 0 unspecified atom stereocenters. The number of rotatable bonds is 9. The van der Waals surface area contributed by atoms with Gasteiger partial charge in [0, 0.05) is 57.8 Å². The number of fused-ring (bicyclic) bond motifs is 1. The van der Waals surface area contributed by atoms with Crippen LogP contribution in [0.2, 0.25) is 0 Å². The Labute approximate surface area is 227 Å². The van der Waals surface area contributed by atoms with Gasteiger partial charge in [-0.2, -0.15) is 0 Å². The van der Waals surface area contributed by atoms with Gasteiger partial charge in [-0.1, -0.05) is 22.0 Å². The van der Waals surface area contributed by atoms with E-state index >= 15 is 0 Å².